The van der Waals surface area contributed by atoms with E-state index in [0.29, 0.717) is 5.56 Å². The number of hydrogen-bond acceptors (Lipinski definition) is 5. The predicted octanol–water partition coefficient (Wildman–Crippen LogP) is 1.67. The van der Waals surface area contributed by atoms with Crippen LogP contribution in [0.25, 0.3) is 0 Å². The van der Waals surface area contributed by atoms with Crippen molar-refractivity contribution in [2.45, 2.75) is 63.3 Å². The van der Waals surface area contributed by atoms with E-state index in [1.807, 2.05) is 0 Å². The van der Waals surface area contributed by atoms with Crippen LogP contribution in [0.1, 0.15) is 50.6 Å². The van der Waals surface area contributed by atoms with Crippen molar-refractivity contribution in [1.82, 2.24) is 9.96 Å². The Balaban J connectivity index is 1.70. The second kappa shape index (κ2) is 7.25. The summed E-state index contributed by atoms with van der Waals surface area (Å²) >= 11 is 0. The minimum atomic E-state index is -0.980. The fraction of sp³-hybridized carbons (Fsp3) is 0.550. The number of primary amides is 1. The molecule has 0 radical (unpaired) electrons. The first-order valence-electron chi connectivity index (χ1n) is 9.77. The number of amides is 3. The normalized spacial score (nSPS) is 29.9. The first kappa shape index (κ1) is 19.0. The lowest BCUT2D eigenvalue weighted by Gasteiger charge is -2.33. The number of halogens is 1. The van der Waals surface area contributed by atoms with Crippen LogP contribution in [0, 0.1) is 11.7 Å². The molecule has 4 unspecified atom stereocenters. The van der Waals surface area contributed by atoms with Gasteiger partial charge in [-0.15, -0.1) is 0 Å². The Morgan fingerprint density at radius 1 is 1.14 bits per heavy atom. The first-order valence-corrected chi connectivity index (χ1v) is 9.77. The molecule has 0 bridgehead atoms. The molecule has 1 aliphatic carbocycles. The molecule has 8 heteroatoms. The molecule has 2 heterocycles. The van der Waals surface area contributed by atoms with Gasteiger partial charge < -0.3 is 5.73 Å². The lowest BCUT2D eigenvalue weighted by molar-refractivity contribution is -0.197. The number of carbonyl (C=O) groups is 3. The molecule has 1 aromatic rings. The zero-order valence-corrected chi connectivity index (χ0v) is 15.7. The maximum absolute atomic E-state index is 13.4. The molecule has 1 aromatic carbocycles. The number of benzene rings is 1. The molecule has 0 spiro atoms. The van der Waals surface area contributed by atoms with Gasteiger partial charge in [-0.3, -0.25) is 24.1 Å². The number of fused-ring (bicyclic) bond motifs is 1. The van der Waals surface area contributed by atoms with Crippen molar-refractivity contribution >= 4 is 17.7 Å². The van der Waals surface area contributed by atoms with Crippen LogP contribution in [0.15, 0.2) is 24.3 Å². The average molecular weight is 389 g/mol. The van der Waals surface area contributed by atoms with Crippen molar-refractivity contribution in [3.8, 4) is 0 Å². The Morgan fingerprint density at radius 2 is 1.79 bits per heavy atom. The Hall–Kier alpha value is -2.32. The number of nitrogens with zero attached hydrogens (tertiary/aromatic N) is 2. The number of likely N-dealkylation sites (tertiary alicyclic amines) is 1. The molecule has 150 valence electrons. The van der Waals surface area contributed by atoms with Gasteiger partial charge in [0, 0.05) is 6.04 Å². The van der Waals surface area contributed by atoms with E-state index in [9.17, 15) is 18.8 Å². The van der Waals surface area contributed by atoms with E-state index in [4.69, 9.17) is 10.6 Å². The number of rotatable bonds is 4. The summed E-state index contributed by atoms with van der Waals surface area (Å²) in [6.45, 7) is 1.56. The Morgan fingerprint density at radius 3 is 2.39 bits per heavy atom. The van der Waals surface area contributed by atoms with Crippen molar-refractivity contribution in [2.24, 2.45) is 11.7 Å². The molecule has 1 saturated carbocycles. The van der Waals surface area contributed by atoms with Gasteiger partial charge >= 0.3 is 0 Å². The van der Waals surface area contributed by atoms with Crippen LogP contribution < -0.4 is 5.73 Å². The molecule has 2 saturated heterocycles. The standard InChI is InChI=1S/C20H24FN3O4/c1-11(18(22)25)24-16(12-7-9-13(21)10-8-12)15-17(28-24)20(27)23(19(15)26)14-5-3-2-4-6-14/h7-11,14-17H,2-6H2,1H3,(H2,22,25). The van der Waals surface area contributed by atoms with Crippen molar-refractivity contribution in [3.63, 3.8) is 0 Å². The summed E-state index contributed by atoms with van der Waals surface area (Å²) in [7, 11) is 0. The minimum Gasteiger partial charge on any atom is -0.368 e. The maximum atomic E-state index is 13.4. The number of carbonyl (C=O) groups excluding carboxylic acids is 3. The Labute approximate surface area is 162 Å². The molecule has 28 heavy (non-hydrogen) atoms. The first-order chi connectivity index (χ1) is 13.4. The topological polar surface area (TPSA) is 92.9 Å². The zero-order chi connectivity index (χ0) is 20.0. The van der Waals surface area contributed by atoms with Gasteiger partial charge in [-0.2, -0.15) is 5.06 Å². The third-order valence-electron chi connectivity index (χ3n) is 6.12. The van der Waals surface area contributed by atoms with Gasteiger partial charge in [0.25, 0.3) is 5.91 Å². The highest BCUT2D eigenvalue weighted by atomic mass is 19.1. The Kier molecular flexibility index (Phi) is 4.93. The van der Waals surface area contributed by atoms with E-state index in [1.165, 1.54) is 22.1 Å². The van der Waals surface area contributed by atoms with Crippen LogP contribution in [-0.2, 0) is 19.2 Å². The summed E-state index contributed by atoms with van der Waals surface area (Å²) in [5.74, 6) is -2.45. The lowest BCUT2D eigenvalue weighted by Crippen LogP contribution is -2.47. The predicted molar refractivity (Wildman–Crippen MR) is 96.7 cm³/mol. The molecule has 3 aliphatic rings. The van der Waals surface area contributed by atoms with Crippen molar-refractivity contribution < 1.29 is 23.6 Å². The largest absolute Gasteiger partial charge is 0.368 e. The van der Waals surface area contributed by atoms with E-state index in [-0.39, 0.29) is 17.9 Å². The second-order valence-corrected chi connectivity index (χ2v) is 7.82. The van der Waals surface area contributed by atoms with Gasteiger partial charge in [0.15, 0.2) is 6.10 Å². The summed E-state index contributed by atoms with van der Waals surface area (Å²) < 4.78 is 13.4. The van der Waals surface area contributed by atoms with Gasteiger partial charge in [0.1, 0.15) is 11.9 Å². The highest BCUT2D eigenvalue weighted by Crippen LogP contribution is 2.46. The molecule has 4 atom stereocenters. The molecule has 2 N–H and O–H groups in total. The van der Waals surface area contributed by atoms with E-state index in [1.54, 1.807) is 19.1 Å². The lowest BCUT2D eigenvalue weighted by atomic mass is 9.90. The molecule has 7 nitrogen and oxygen atoms in total. The average Bonchev–Trinajstić information content (AvgIpc) is 3.19. The zero-order valence-electron chi connectivity index (χ0n) is 15.7. The number of imide groups is 1. The Bertz CT molecular complexity index is 793. The highest BCUT2D eigenvalue weighted by Gasteiger charge is 2.61. The number of hydrogen-bond donors (Lipinski definition) is 1. The SMILES string of the molecule is CC(C(N)=O)N1OC2C(=O)N(C3CCCCC3)C(=O)C2C1c1ccc(F)cc1. The summed E-state index contributed by atoms with van der Waals surface area (Å²) in [5, 5.41) is 1.33. The molecular formula is C20H24FN3O4. The van der Waals surface area contributed by atoms with Crippen LogP contribution in [0.5, 0.6) is 0 Å². The monoisotopic (exact) mass is 389 g/mol. The van der Waals surface area contributed by atoms with Gasteiger partial charge in [-0.1, -0.05) is 31.4 Å². The van der Waals surface area contributed by atoms with Gasteiger partial charge in [-0.05, 0) is 37.5 Å². The summed E-state index contributed by atoms with van der Waals surface area (Å²) in [6.07, 6.45) is 3.72. The molecule has 3 amide bonds. The summed E-state index contributed by atoms with van der Waals surface area (Å²) in [5.41, 5.74) is 6.05. The maximum Gasteiger partial charge on any atom is 0.261 e. The molecular weight excluding hydrogens is 365 g/mol. The third kappa shape index (κ3) is 3.00. The van der Waals surface area contributed by atoms with Crippen LogP contribution in [0.4, 0.5) is 4.39 Å². The van der Waals surface area contributed by atoms with E-state index in [0.717, 1.165) is 32.1 Å². The minimum absolute atomic E-state index is 0.0983. The van der Waals surface area contributed by atoms with Crippen molar-refractivity contribution in [1.29, 1.82) is 0 Å². The van der Waals surface area contributed by atoms with Crippen LogP contribution >= 0.6 is 0 Å². The number of hydroxylamine groups is 2. The van der Waals surface area contributed by atoms with Crippen molar-refractivity contribution in [3.05, 3.63) is 35.6 Å². The van der Waals surface area contributed by atoms with E-state index < -0.39 is 35.8 Å². The van der Waals surface area contributed by atoms with E-state index >= 15 is 0 Å². The van der Waals surface area contributed by atoms with Gasteiger partial charge in [0.2, 0.25) is 11.8 Å². The molecule has 2 aliphatic heterocycles. The van der Waals surface area contributed by atoms with Crippen LogP contribution in [0.3, 0.4) is 0 Å². The van der Waals surface area contributed by atoms with Crippen molar-refractivity contribution in [2.75, 3.05) is 0 Å². The fourth-order valence-corrected chi connectivity index (χ4v) is 4.63. The van der Waals surface area contributed by atoms with Crippen LogP contribution in [-0.4, -0.2) is 45.9 Å². The van der Waals surface area contributed by atoms with Gasteiger partial charge in [0.05, 0.1) is 12.0 Å². The quantitative estimate of drug-likeness (QED) is 0.791. The fourth-order valence-electron chi connectivity index (χ4n) is 4.63. The smallest absolute Gasteiger partial charge is 0.261 e. The third-order valence-corrected chi connectivity index (χ3v) is 6.12. The summed E-state index contributed by atoms with van der Waals surface area (Å²) in [6, 6.07) is 4.05. The van der Waals surface area contributed by atoms with Gasteiger partial charge in [-0.25, -0.2) is 4.39 Å². The van der Waals surface area contributed by atoms with Crippen LogP contribution in [0.2, 0.25) is 0 Å². The molecule has 4 rings (SSSR count). The summed E-state index contributed by atoms with van der Waals surface area (Å²) in [4.78, 5) is 45.3. The second-order valence-electron chi connectivity index (χ2n) is 7.82. The number of nitrogens with two attached hydrogens (primary N) is 1. The molecule has 0 aromatic heterocycles. The molecule has 3 fully saturated rings. The highest BCUT2D eigenvalue weighted by molar-refractivity contribution is 6.07. The van der Waals surface area contributed by atoms with E-state index in [2.05, 4.69) is 0 Å².